The molecule has 0 spiro atoms. The normalized spacial score (nSPS) is 15.3. The van der Waals surface area contributed by atoms with Gasteiger partial charge in [-0.15, -0.1) is 0 Å². The SMILES string of the molecule is CC[C@H](C)C(F)(CN)CN. The van der Waals surface area contributed by atoms with Gasteiger partial charge in [-0.05, 0) is 5.92 Å². The molecule has 0 aliphatic heterocycles. The summed E-state index contributed by atoms with van der Waals surface area (Å²) >= 11 is 0. The molecule has 62 valence electrons. The minimum Gasteiger partial charge on any atom is -0.327 e. The van der Waals surface area contributed by atoms with E-state index < -0.39 is 5.67 Å². The van der Waals surface area contributed by atoms with E-state index in [0.717, 1.165) is 6.42 Å². The molecule has 0 amide bonds. The fourth-order valence-corrected chi connectivity index (χ4v) is 0.852. The molecule has 0 bridgehead atoms. The van der Waals surface area contributed by atoms with Crippen LogP contribution in [0.5, 0.6) is 0 Å². The van der Waals surface area contributed by atoms with Crippen LogP contribution in [0.4, 0.5) is 4.39 Å². The molecule has 10 heavy (non-hydrogen) atoms. The second-order valence-corrected chi connectivity index (χ2v) is 2.75. The van der Waals surface area contributed by atoms with Gasteiger partial charge in [-0.25, -0.2) is 4.39 Å². The molecular formula is C7H17FN2. The summed E-state index contributed by atoms with van der Waals surface area (Å²) in [6.45, 7) is 3.82. The summed E-state index contributed by atoms with van der Waals surface area (Å²) in [7, 11) is 0. The molecule has 0 aromatic heterocycles. The van der Waals surface area contributed by atoms with Crippen molar-refractivity contribution in [2.75, 3.05) is 13.1 Å². The Morgan fingerprint density at radius 3 is 1.90 bits per heavy atom. The zero-order valence-electron chi connectivity index (χ0n) is 6.73. The van der Waals surface area contributed by atoms with Crippen molar-refractivity contribution in [2.45, 2.75) is 25.9 Å². The van der Waals surface area contributed by atoms with Gasteiger partial charge in [-0.3, -0.25) is 0 Å². The zero-order valence-corrected chi connectivity index (χ0v) is 6.73. The van der Waals surface area contributed by atoms with E-state index in [1.807, 2.05) is 13.8 Å². The van der Waals surface area contributed by atoms with Crippen molar-refractivity contribution in [3.8, 4) is 0 Å². The lowest BCUT2D eigenvalue weighted by Crippen LogP contribution is -2.45. The van der Waals surface area contributed by atoms with Gasteiger partial charge in [0.05, 0.1) is 0 Å². The van der Waals surface area contributed by atoms with Crippen LogP contribution >= 0.6 is 0 Å². The zero-order chi connectivity index (χ0) is 8.20. The van der Waals surface area contributed by atoms with Crippen LogP contribution in [0.2, 0.25) is 0 Å². The van der Waals surface area contributed by atoms with Crippen LogP contribution in [0.15, 0.2) is 0 Å². The molecule has 0 fully saturated rings. The summed E-state index contributed by atoms with van der Waals surface area (Å²) in [4.78, 5) is 0. The molecule has 2 nitrogen and oxygen atoms in total. The van der Waals surface area contributed by atoms with Gasteiger partial charge in [0.2, 0.25) is 0 Å². The minimum atomic E-state index is -1.35. The molecule has 0 heterocycles. The molecule has 0 rings (SSSR count). The van der Waals surface area contributed by atoms with Crippen molar-refractivity contribution in [3.63, 3.8) is 0 Å². The highest BCUT2D eigenvalue weighted by Gasteiger charge is 2.31. The highest BCUT2D eigenvalue weighted by molar-refractivity contribution is 4.85. The Labute approximate surface area is 61.8 Å². The minimum absolute atomic E-state index is 0.0263. The van der Waals surface area contributed by atoms with E-state index in [2.05, 4.69) is 0 Å². The third kappa shape index (κ3) is 1.92. The summed E-state index contributed by atoms with van der Waals surface area (Å²) in [5.74, 6) is -0.0394. The van der Waals surface area contributed by atoms with Crippen LogP contribution in [-0.4, -0.2) is 18.8 Å². The second kappa shape index (κ2) is 3.88. The molecule has 0 aliphatic rings. The molecule has 1 atom stereocenters. The maximum Gasteiger partial charge on any atom is 0.137 e. The number of hydrogen-bond donors (Lipinski definition) is 2. The molecule has 0 saturated heterocycles. The Hall–Kier alpha value is -0.150. The van der Waals surface area contributed by atoms with Crippen LogP contribution in [0.25, 0.3) is 0 Å². The van der Waals surface area contributed by atoms with E-state index >= 15 is 0 Å². The van der Waals surface area contributed by atoms with Crippen LogP contribution in [0, 0.1) is 5.92 Å². The molecule has 0 saturated carbocycles. The van der Waals surface area contributed by atoms with Crippen molar-refractivity contribution in [1.82, 2.24) is 0 Å². The van der Waals surface area contributed by atoms with E-state index in [1.165, 1.54) is 0 Å². The van der Waals surface area contributed by atoms with Gasteiger partial charge < -0.3 is 11.5 Å². The maximum absolute atomic E-state index is 13.4. The third-order valence-corrected chi connectivity index (χ3v) is 2.17. The standard InChI is InChI=1S/C7H17FN2/c1-3-6(2)7(8,4-9)5-10/h6H,3-5,9-10H2,1-2H3/t6-/m0/s1. The van der Waals surface area contributed by atoms with Gasteiger partial charge in [0.25, 0.3) is 0 Å². The van der Waals surface area contributed by atoms with E-state index in [4.69, 9.17) is 11.5 Å². The largest absolute Gasteiger partial charge is 0.327 e. The highest BCUT2D eigenvalue weighted by atomic mass is 19.1. The number of nitrogens with two attached hydrogens (primary N) is 2. The van der Waals surface area contributed by atoms with Crippen molar-refractivity contribution in [1.29, 1.82) is 0 Å². The molecule has 0 radical (unpaired) electrons. The quantitative estimate of drug-likeness (QED) is 0.615. The monoisotopic (exact) mass is 148 g/mol. The Bertz CT molecular complexity index is 91.6. The molecule has 4 N–H and O–H groups in total. The van der Waals surface area contributed by atoms with Gasteiger partial charge >= 0.3 is 0 Å². The van der Waals surface area contributed by atoms with Crippen molar-refractivity contribution in [2.24, 2.45) is 17.4 Å². The molecule has 0 unspecified atom stereocenters. The molecule has 0 aromatic rings. The third-order valence-electron chi connectivity index (χ3n) is 2.17. The van der Waals surface area contributed by atoms with E-state index in [1.54, 1.807) is 0 Å². The van der Waals surface area contributed by atoms with E-state index in [9.17, 15) is 4.39 Å². The average molecular weight is 148 g/mol. The first-order valence-corrected chi connectivity index (χ1v) is 3.69. The fourth-order valence-electron chi connectivity index (χ4n) is 0.852. The second-order valence-electron chi connectivity index (χ2n) is 2.75. The molecule has 0 aromatic carbocycles. The Balaban J connectivity index is 4.02. The summed E-state index contributed by atoms with van der Waals surface area (Å²) in [5, 5.41) is 0. The maximum atomic E-state index is 13.4. The van der Waals surface area contributed by atoms with E-state index in [0.29, 0.717) is 0 Å². The van der Waals surface area contributed by atoms with Gasteiger partial charge in [0.1, 0.15) is 5.67 Å². The first-order valence-electron chi connectivity index (χ1n) is 3.69. The lowest BCUT2D eigenvalue weighted by molar-refractivity contribution is 0.107. The first-order chi connectivity index (χ1) is 4.60. The fraction of sp³-hybridized carbons (Fsp3) is 1.00. The summed E-state index contributed by atoms with van der Waals surface area (Å²) in [6.07, 6.45) is 0.783. The topological polar surface area (TPSA) is 52.0 Å². The molecule has 0 aliphatic carbocycles. The first kappa shape index (κ1) is 9.85. The Morgan fingerprint density at radius 2 is 1.80 bits per heavy atom. The smallest absolute Gasteiger partial charge is 0.137 e. The number of halogens is 1. The van der Waals surface area contributed by atoms with Crippen LogP contribution in [-0.2, 0) is 0 Å². The average Bonchev–Trinajstić information content (AvgIpc) is 2.01. The van der Waals surface area contributed by atoms with Crippen LogP contribution in [0.3, 0.4) is 0 Å². The van der Waals surface area contributed by atoms with Crippen molar-refractivity contribution >= 4 is 0 Å². The Morgan fingerprint density at radius 1 is 1.40 bits per heavy atom. The summed E-state index contributed by atoms with van der Waals surface area (Å²) in [5.41, 5.74) is 9.13. The van der Waals surface area contributed by atoms with E-state index in [-0.39, 0.29) is 19.0 Å². The van der Waals surface area contributed by atoms with Crippen molar-refractivity contribution in [3.05, 3.63) is 0 Å². The highest BCUT2D eigenvalue weighted by Crippen LogP contribution is 2.22. The predicted octanol–water partition coefficient (Wildman–Crippen LogP) is 0.658. The van der Waals surface area contributed by atoms with Gasteiger partial charge in [-0.2, -0.15) is 0 Å². The van der Waals surface area contributed by atoms with Gasteiger partial charge in [0.15, 0.2) is 0 Å². The van der Waals surface area contributed by atoms with Crippen LogP contribution in [0.1, 0.15) is 20.3 Å². The van der Waals surface area contributed by atoms with Crippen LogP contribution < -0.4 is 11.5 Å². The number of hydrogen-bond acceptors (Lipinski definition) is 2. The summed E-state index contributed by atoms with van der Waals surface area (Å²) < 4.78 is 13.4. The lowest BCUT2D eigenvalue weighted by atomic mass is 9.89. The predicted molar refractivity (Wildman–Crippen MR) is 41.4 cm³/mol. The van der Waals surface area contributed by atoms with Crippen molar-refractivity contribution < 1.29 is 4.39 Å². The number of alkyl halides is 1. The number of rotatable bonds is 4. The van der Waals surface area contributed by atoms with Gasteiger partial charge in [-0.1, -0.05) is 20.3 Å². The van der Waals surface area contributed by atoms with Gasteiger partial charge in [0, 0.05) is 13.1 Å². The molecule has 3 heteroatoms. The molecular weight excluding hydrogens is 131 g/mol. The summed E-state index contributed by atoms with van der Waals surface area (Å²) in [6, 6.07) is 0. The Kier molecular flexibility index (Phi) is 3.83. The lowest BCUT2D eigenvalue weighted by Gasteiger charge is -2.27.